The summed E-state index contributed by atoms with van der Waals surface area (Å²) in [4.78, 5) is 0. The second kappa shape index (κ2) is 2.46. The maximum Gasteiger partial charge on any atom is 0.155 e. The molecular weight excluding hydrogens is 140 g/mol. The van der Waals surface area contributed by atoms with Gasteiger partial charge in [-0.1, -0.05) is 13.8 Å². The molecule has 0 aromatic rings. The van der Waals surface area contributed by atoms with E-state index in [2.05, 4.69) is 27.7 Å². The summed E-state index contributed by atoms with van der Waals surface area (Å²) < 4.78 is 11.1. The first-order valence-electron chi connectivity index (χ1n) is 4.15. The van der Waals surface area contributed by atoms with Crippen molar-refractivity contribution in [3.8, 4) is 0 Å². The van der Waals surface area contributed by atoms with Crippen LogP contribution in [0, 0.1) is 5.41 Å². The van der Waals surface area contributed by atoms with Gasteiger partial charge in [-0.05, 0) is 20.8 Å². The van der Waals surface area contributed by atoms with Crippen molar-refractivity contribution in [2.24, 2.45) is 5.41 Å². The Morgan fingerprint density at radius 1 is 1.18 bits per heavy atom. The lowest BCUT2D eigenvalue weighted by Crippen LogP contribution is -2.51. The van der Waals surface area contributed by atoms with E-state index >= 15 is 0 Å². The first-order valence-corrected chi connectivity index (χ1v) is 4.15. The van der Waals surface area contributed by atoms with E-state index in [0.717, 1.165) is 6.61 Å². The number of rotatable bonds is 0. The number of hydrogen-bond acceptors (Lipinski definition) is 2. The highest BCUT2D eigenvalue weighted by Gasteiger charge is 2.43. The first kappa shape index (κ1) is 9.01. The van der Waals surface area contributed by atoms with Gasteiger partial charge in [0.25, 0.3) is 0 Å². The predicted octanol–water partition coefficient (Wildman–Crippen LogP) is 2.18. The molecule has 0 N–H and O–H groups in total. The van der Waals surface area contributed by atoms with Gasteiger partial charge in [0.15, 0.2) is 6.29 Å². The van der Waals surface area contributed by atoms with Crippen molar-refractivity contribution < 1.29 is 9.47 Å². The van der Waals surface area contributed by atoms with E-state index in [1.807, 2.05) is 6.92 Å². The van der Waals surface area contributed by atoms with Gasteiger partial charge < -0.3 is 9.47 Å². The molecule has 1 aliphatic rings. The van der Waals surface area contributed by atoms with E-state index in [1.165, 1.54) is 0 Å². The predicted molar refractivity (Wildman–Crippen MR) is 44.4 cm³/mol. The molecule has 0 bridgehead atoms. The molecule has 0 radical (unpaired) electrons. The summed E-state index contributed by atoms with van der Waals surface area (Å²) in [5, 5.41) is 0. The van der Waals surface area contributed by atoms with Crippen LogP contribution in [0.15, 0.2) is 0 Å². The highest BCUT2D eigenvalue weighted by atomic mass is 16.7. The third-order valence-electron chi connectivity index (χ3n) is 2.77. The smallest absolute Gasteiger partial charge is 0.155 e. The fourth-order valence-electron chi connectivity index (χ4n) is 1.11. The zero-order chi connectivity index (χ0) is 8.70. The molecule has 0 aliphatic carbocycles. The summed E-state index contributed by atoms with van der Waals surface area (Å²) in [6.07, 6.45) is -0.0574. The van der Waals surface area contributed by atoms with Crippen LogP contribution < -0.4 is 0 Å². The van der Waals surface area contributed by atoms with Gasteiger partial charge in [-0.3, -0.25) is 0 Å². The Morgan fingerprint density at radius 3 is 2.09 bits per heavy atom. The molecule has 2 heteroatoms. The summed E-state index contributed by atoms with van der Waals surface area (Å²) >= 11 is 0. The average Bonchev–Trinajstić information content (AvgIpc) is 1.80. The standard InChI is InChI=1S/C9H18O2/c1-7-10-6-8(2,3)9(4,5)11-7/h7H,6H2,1-5H3. The zero-order valence-corrected chi connectivity index (χ0v) is 8.10. The second-order valence-electron chi connectivity index (χ2n) is 4.39. The molecule has 1 aliphatic heterocycles. The van der Waals surface area contributed by atoms with Gasteiger partial charge in [0.05, 0.1) is 12.2 Å². The van der Waals surface area contributed by atoms with Crippen LogP contribution in [0.1, 0.15) is 34.6 Å². The largest absolute Gasteiger partial charge is 0.352 e. The molecule has 1 heterocycles. The van der Waals surface area contributed by atoms with Gasteiger partial charge in [0.2, 0.25) is 0 Å². The average molecular weight is 158 g/mol. The minimum absolute atomic E-state index is 0.0574. The lowest BCUT2D eigenvalue weighted by molar-refractivity contribution is -0.288. The van der Waals surface area contributed by atoms with Crippen molar-refractivity contribution in [1.82, 2.24) is 0 Å². The fraction of sp³-hybridized carbons (Fsp3) is 1.00. The molecule has 1 unspecified atom stereocenters. The van der Waals surface area contributed by atoms with E-state index in [0.29, 0.717) is 0 Å². The molecule has 0 saturated carbocycles. The third-order valence-corrected chi connectivity index (χ3v) is 2.77. The van der Waals surface area contributed by atoms with Crippen molar-refractivity contribution >= 4 is 0 Å². The number of hydrogen-bond donors (Lipinski definition) is 0. The Morgan fingerprint density at radius 2 is 1.73 bits per heavy atom. The monoisotopic (exact) mass is 158 g/mol. The minimum Gasteiger partial charge on any atom is -0.352 e. The van der Waals surface area contributed by atoms with Crippen LogP contribution in [0.4, 0.5) is 0 Å². The van der Waals surface area contributed by atoms with Gasteiger partial charge in [-0.25, -0.2) is 0 Å². The quantitative estimate of drug-likeness (QED) is 0.538. The Balaban J connectivity index is 2.72. The molecule has 0 spiro atoms. The molecule has 66 valence electrons. The Bertz CT molecular complexity index is 150. The zero-order valence-electron chi connectivity index (χ0n) is 8.10. The second-order valence-corrected chi connectivity index (χ2v) is 4.39. The van der Waals surface area contributed by atoms with Crippen molar-refractivity contribution in [3.05, 3.63) is 0 Å². The molecule has 0 aromatic heterocycles. The van der Waals surface area contributed by atoms with E-state index < -0.39 is 0 Å². The lowest BCUT2D eigenvalue weighted by atomic mass is 9.77. The van der Waals surface area contributed by atoms with Crippen molar-refractivity contribution in [2.75, 3.05) is 6.61 Å². The van der Waals surface area contributed by atoms with Crippen molar-refractivity contribution in [2.45, 2.75) is 46.5 Å². The number of ether oxygens (including phenoxy) is 2. The lowest BCUT2D eigenvalue weighted by Gasteiger charge is -2.47. The molecule has 0 amide bonds. The van der Waals surface area contributed by atoms with Crippen LogP contribution in [0.2, 0.25) is 0 Å². The molecule has 1 fully saturated rings. The SMILES string of the molecule is CC1OCC(C)(C)C(C)(C)O1. The van der Waals surface area contributed by atoms with Crippen LogP contribution >= 0.6 is 0 Å². The van der Waals surface area contributed by atoms with Crippen LogP contribution in [0.3, 0.4) is 0 Å². The van der Waals surface area contributed by atoms with Crippen LogP contribution in [-0.4, -0.2) is 18.5 Å². The topological polar surface area (TPSA) is 18.5 Å². The Labute approximate surface area is 68.9 Å². The third kappa shape index (κ3) is 1.57. The van der Waals surface area contributed by atoms with Crippen molar-refractivity contribution in [1.29, 1.82) is 0 Å². The molecular formula is C9H18O2. The maximum atomic E-state index is 5.67. The van der Waals surface area contributed by atoms with Gasteiger partial charge in [0.1, 0.15) is 0 Å². The van der Waals surface area contributed by atoms with Crippen LogP contribution in [0.5, 0.6) is 0 Å². The molecule has 2 nitrogen and oxygen atoms in total. The highest BCUT2D eigenvalue weighted by Crippen LogP contribution is 2.38. The summed E-state index contributed by atoms with van der Waals surface area (Å²) in [7, 11) is 0. The maximum absolute atomic E-state index is 5.67. The molecule has 11 heavy (non-hydrogen) atoms. The summed E-state index contributed by atoms with van der Waals surface area (Å²) in [6, 6.07) is 0. The fourth-order valence-corrected chi connectivity index (χ4v) is 1.11. The van der Waals surface area contributed by atoms with Crippen LogP contribution in [-0.2, 0) is 9.47 Å². The highest BCUT2D eigenvalue weighted by molar-refractivity contribution is 4.89. The molecule has 1 atom stereocenters. The summed E-state index contributed by atoms with van der Waals surface area (Å²) in [6.45, 7) is 11.3. The summed E-state index contributed by atoms with van der Waals surface area (Å²) in [5.41, 5.74) is 0.0319. The van der Waals surface area contributed by atoms with E-state index in [4.69, 9.17) is 9.47 Å². The molecule has 1 rings (SSSR count). The summed E-state index contributed by atoms with van der Waals surface area (Å²) in [5.74, 6) is 0. The van der Waals surface area contributed by atoms with Gasteiger partial charge in [-0.2, -0.15) is 0 Å². The van der Waals surface area contributed by atoms with Gasteiger partial charge >= 0.3 is 0 Å². The molecule has 0 aromatic carbocycles. The van der Waals surface area contributed by atoms with E-state index in [-0.39, 0.29) is 17.3 Å². The van der Waals surface area contributed by atoms with E-state index in [1.54, 1.807) is 0 Å². The van der Waals surface area contributed by atoms with Gasteiger partial charge in [0, 0.05) is 5.41 Å². The normalized spacial score (nSPS) is 35.2. The van der Waals surface area contributed by atoms with E-state index in [9.17, 15) is 0 Å². The minimum atomic E-state index is -0.0787. The Kier molecular flexibility index (Phi) is 2.01. The first-order chi connectivity index (χ1) is 4.85. The van der Waals surface area contributed by atoms with Crippen molar-refractivity contribution in [3.63, 3.8) is 0 Å². The Hall–Kier alpha value is -0.0800. The van der Waals surface area contributed by atoms with Gasteiger partial charge in [-0.15, -0.1) is 0 Å². The molecule has 1 saturated heterocycles. The van der Waals surface area contributed by atoms with Crippen LogP contribution in [0.25, 0.3) is 0 Å².